The summed E-state index contributed by atoms with van der Waals surface area (Å²) >= 11 is 0. The Morgan fingerprint density at radius 2 is 2.00 bits per heavy atom. The van der Waals surface area contributed by atoms with Crippen molar-refractivity contribution in [3.63, 3.8) is 0 Å². The molecule has 0 aliphatic carbocycles. The summed E-state index contributed by atoms with van der Waals surface area (Å²) in [4.78, 5) is 0. The van der Waals surface area contributed by atoms with E-state index in [9.17, 15) is 0 Å². The van der Waals surface area contributed by atoms with Gasteiger partial charge in [-0.1, -0.05) is 11.6 Å². The summed E-state index contributed by atoms with van der Waals surface area (Å²) in [6, 6.07) is 7.30. The maximum atomic E-state index is 8.86. The highest BCUT2D eigenvalue weighted by Gasteiger charge is 2.16. The van der Waals surface area contributed by atoms with Crippen LogP contribution < -0.4 is 5.66 Å². The third-order valence-electron chi connectivity index (χ3n) is 1.95. The minimum Gasteiger partial charge on any atom is -0.465 e. The molecule has 0 saturated heterocycles. The minimum atomic E-state index is -1.53. The Kier molecular flexibility index (Phi) is 1.86. The van der Waals surface area contributed by atoms with E-state index in [0.29, 0.717) is 5.58 Å². The van der Waals surface area contributed by atoms with E-state index in [1.807, 2.05) is 25.1 Å². The van der Waals surface area contributed by atoms with E-state index in [-0.39, 0.29) is 5.66 Å². The van der Waals surface area contributed by atoms with Crippen LogP contribution in [0.15, 0.2) is 28.7 Å². The van der Waals surface area contributed by atoms with Gasteiger partial charge >= 0.3 is 7.12 Å². The molecule has 0 aliphatic heterocycles. The lowest BCUT2D eigenvalue weighted by molar-refractivity contribution is 0.412. The van der Waals surface area contributed by atoms with Gasteiger partial charge in [0.05, 0.1) is 0 Å². The third kappa shape index (κ3) is 1.46. The van der Waals surface area contributed by atoms with Crippen molar-refractivity contribution in [2.24, 2.45) is 0 Å². The van der Waals surface area contributed by atoms with Gasteiger partial charge in [0.2, 0.25) is 0 Å². The van der Waals surface area contributed by atoms with Crippen LogP contribution in [0.3, 0.4) is 0 Å². The molecule has 2 rings (SSSR count). The molecule has 0 saturated carbocycles. The molecule has 0 spiro atoms. The molecule has 3 nitrogen and oxygen atoms in total. The highest BCUT2D eigenvalue weighted by Crippen LogP contribution is 2.15. The fraction of sp³-hybridized carbons (Fsp3) is 0.111. The number of benzene rings is 1. The standard InChI is InChI=1S/C9H9BO3/c1-6-2-3-8-7(4-6)5-9(13-8)10(11)12/h2-5,11-12H,1H3. The zero-order valence-electron chi connectivity index (χ0n) is 7.19. The first-order valence-electron chi connectivity index (χ1n) is 4.03. The molecular weight excluding hydrogens is 167 g/mol. The first-order chi connectivity index (χ1) is 6.16. The van der Waals surface area contributed by atoms with Crippen LogP contribution in [0.4, 0.5) is 0 Å². The van der Waals surface area contributed by atoms with E-state index >= 15 is 0 Å². The summed E-state index contributed by atoms with van der Waals surface area (Å²) in [6.45, 7) is 1.97. The zero-order chi connectivity index (χ0) is 9.42. The van der Waals surface area contributed by atoms with E-state index in [1.165, 1.54) is 0 Å². The Hall–Kier alpha value is -1.26. The number of hydrogen-bond acceptors (Lipinski definition) is 3. The van der Waals surface area contributed by atoms with E-state index in [0.717, 1.165) is 10.9 Å². The number of rotatable bonds is 1. The van der Waals surface area contributed by atoms with Crippen molar-refractivity contribution in [3.8, 4) is 0 Å². The van der Waals surface area contributed by atoms with Gasteiger partial charge in [0.25, 0.3) is 0 Å². The Labute approximate surface area is 75.8 Å². The predicted molar refractivity (Wildman–Crippen MR) is 50.8 cm³/mol. The summed E-state index contributed by atoms with van der Waals surface area (Å²) in [6.07, 6.45) is 0. The van der Waals surface area contributed by atoms with Crippen molar-refractivity contribution in [3.05, 3.63) is 29.8 Å². The molecular formula is C9H9BO3. The van der Waals surface area contributed by atoms with Gasteiger partial charge in [-0.25, -0.2) is 0 Å². The maximum Gasteiger partial charge on any atom is 0.526 e. The molecule has 0 radical (unpaired) electrons. The fourth-order valence-corrected chi connectivity index (χ4v) is 1.31. The second-order valence-corrected chi connectivity index (χ2v) is 3.06. The van der Waals surface area contributed by atoms with Crippen LogP contribution in [0.1, 0.15) is 5.56 Å². The molecule has 0 fully saturated rings. The van der Waals surface area contributed by atoms with Gasteiger partial charge in [0.1, 0.15) is 11.2 Å². The first-order valence-corrected chi connectivity index (χ1v) is 4.03. The minimum absolute atomic E-state index is 0.181. The molecule has 0 aliphatic rings. The molecule has 2 aromatic rings. The van der Waals surface area contributed by atoms with Gasteiger partial charge in [0, 0.05) is 5.39 Å². The molecule has 66 valence electrons. The van der Waals surface area contributed by atoms with Crippen molar-refractivity contribution in [1.82, 2.24) is 0 Å². The van der Waals surface area contributed by atoms with Crippen LogP contribution in [-0.4, -0.2) is 17.2 Å². The highest BCUT2D eigenvalue weighted by atomic mass is 16.4. The van der Waals surface area contributed by atoms with Gasteiger partial charge in [0.15, 0.2) is 0 Å². The Morgan fingerprint density at radius 3 is 2.69 bits per heavy atom. The lowest BCUT2D eigenvalue weighted by atomic mass is 9.88. The molecule has 0 bridgehead atoms. The van der Waals surface area contributed by atoms with Crippen LogP contribution in [0.2, 0.25) is 0 Å². The number of aryl methyl sites for hydroxylation is 1. The molecule has 1 heterocycles. The van der Waals surface area contributed by atoms with E-state index in [2.05, 4.69) is 0 Å². The van der Waals surface area contributed by atoms with Crippen molar-refractivity contribution >= 4 is 23.7 Å². The van der Waals surface area contributed by atoms with Gasteiger partial charge in [-0.05, 0) is 25.1 Å². The van der Waals surface area contributed by atoms with Gasteiger partial charge in [-0.3, -0.25) is 0 Å². The quantitative estimate of drug-likeness (QED) is 0.619. The third-order valence-corrected chi connectivity index (χ3v) is 1.95. The molecule has 0 amide bonds. The van der Waals surface area contributed by atoms with Crippen molar-refractivity contribution < 1.29 is 14.5 Å². The average Bonchev–Trinajstić information content (AvgIpc) is 2.46. The summed E-state index contributed by atoms with van der Waals surface area (Å²) in [7, 11) is -1.53. The molecule has 1 aromatic heterocycles. The van der Waals surface area contributed by atoms with Crippen LogP contribution in [0, 0.1) is 6.92 Å². The second kappa shape index (κ2) is 2.90. The normalized spacial score (nSPS) is 10.7. The predicted octanol–water partition coefficient (Wildman–Crippen LogP) is 0.421. The second-order valence-electron chi connectivity index (χ2n) is 3.06. The Balaban J connectivity index is 2.62. The lowest BCUT2D eigenvalue weighted by Crippen LogP contribution is -2.27. The average molecular weight is 176 g/mol. The molecule has 4 heteroatoms. The number of hydrogen-bond donors (Lipinski definition) is 2. The van der Waals surface area contributed by atoms with Crippen LogP contribution in [-0.2, 0) is 0 Å². The highest BCUT2D eigenvalue weighted by molar-refractivity contribution is 6.57. The van der Waals surface area contributed by atoms with Crippen LogP contribution >= 0.6 is 0 Å². The van der Waals surface area contributed by atoms with E-state index in [4.69, 9.17) is 14.5 Å². The molecule has 0 atom stereocenters. The SMILES string of the molecule is Cc1ccc2oc(B(O)O)cc2c1. The smallest absolute Gasteiger partial charge is 0.465 e. The molecule has 1 aromatic carbocycles. The summed E-state index contributed by atoms with van der Waals surface area (Å²) in [5.41, 5.74) is 1.97. The monoisotopic (exact) mass is 176 g/mol. The van der Waals surface area contributed by atoms with Crippen molar-refractivity contribution in [2.45, 2.75) is 6.92 Å². The largest absolute Gasteiger partial charge is 0.526 e. The topological polar surface area (TPSA) is 53.6 Å². The van der Waals surface area contributed by atoms with Gasteiger partial charge in [-0.2, -0.15) is 0 Å². The van der Waals surface area contributed by atoms with Crippen LogP contribution in [0.25, 0.3) is 11.0 Å². The van der Waals surface area contributed by atoms with Crippen molar-refractivity contribution in [1.29, 1.82) is 0 Å². The maximum absolute atomic E-state index is 8.86. The summed E-state index contributed by atoms with van der Waals surface area (Å²) in [5.74, 6) is 0. The molecule has 0 unspecified atom stereocenters. The number of furan rings is 1. The van der Waals surface area contributed by atoms with Crippen molar-refractivity contribution in [2.75, 3.05) is 0 Å². The van der Waals surface area contributed by atoms with E-state index in [1.54, 1.807) is 6.07 Å². The molecule has 2 N–H and O–H groups in total. The van der Waals surface area contributed by atoms with E-state index < -0.39 is 7.12 Å². The van der Waals surface area contributed by atoms with Crippen LogP contribution in [0.5, 0.6) is 0 Å². The molecule has 13 heavy (non-hydrogen) atoms. The van der Waals surface area contributed by atoms with Gasteiger partial charge < -0.3 is 14.5 Å². The summed E-state index contributed by atoms with van der Waals surface area (Å²) < 4.78 is 5.18. The zero-order valence-corrected chi connectivity index (χ0v) is 7.19. The number of fused-ring (bicyclic) bond motifs is 1. The summed E-state index contributed by atoms with van der Waals surface area (Å²) in [5, 5.41) is 18.6. The fourth-order valence-electron chi connectivity index (χ4n) is 1.31. The Morgan fingerprint density at radius 1 is 1.23 bits per heavy atom. The Bertz CT molecular complexity index is 433. The first kappa shape index (κ1) is 8.35. The van der Waals surface area contributed by atoms with Gasteiger partial charge in [-0.15, -0.1) is 0 Å². The lowest BCUT2D eigenvalue weighted by Gasteiger charge is -1.90.